The Morgan fingerprint density at radius 3 is 2.55 bits per heavy atom. The maximum atomic E-state index is 11.9. The average molecular weight is 293 g/mol. The fraction of sp³-hybridized carbons (Fsp3) is 0.143. The molecule has 1 aromatic heterocycles. The van der Waals surface area contributed by atoms with Crippen LogP contribution in [0.4, 0.5) is 5.69 Å². The molecule has 0 fully saturated rings. The van der Waals surface area contributed by atoms with Gasteiger partial charge in [-0.15, -0.1) is 0 Å². The van der Waals surface area contributed by atoms with Gasteiger partial charge in [0.1, 0.15) is 0 Å². The number of amides is 2. The van der Waals surface area contributed by atoms with Crippen molar-refractivity contribution in [1.29, 1.82) is 0 Å². The van der Waals surface area contributed by atoms with Gasteiger partial charge in [0.25, 0.3) is 5.91 Å². The molecule has 1 heterocycles. The summed E-state index contributed by atoms with van der Waals surface area (Å²) in [5, 5.41) is 3.27. The molecule has 0 aliphatic heterocycles. The molecule has 2 rings (SSSR count). The van der Waals surface area contributed by atoms with Crippen LogP contribution in [0.1, 0.15) is 10.6 Å². The summed E-state index contributed by atoms with van der Waals surface area (Å²) in [6.45, 7) is -0.0673. The second-order valence-corrected chi connectivity index (χ2v) is 4.63. The van der Waals surface area contributed by atoms with E-state index in [2.05, 4.69) is 5.32 Å². The van der Waals surface area contributed by atoms with E-state index in [-0.39, 0.29) is 24.1 Å². The molecule has 0 aliphatic rings. The molecule has 6 heteroatoms. The van der Waals surface area contributed by atoms with E-state index in [1.807, 2.05) is 0 Å². The first kappa shape index (κ1) is 14.1. The van der Waals surface area contributed by atoms with E-state index in [1.54, 1.807) is 36.4 Å². The highest BCUT2D eigenvalue weighted by Crippen LogP contribution is 2.13. The van der Waals surface area contributed by atoms with Gasteiger partial charge < -0.3 is 14.6 Å². The topological polar surface area (TPSA) is 62.6 Å². The number of halogens is 1. The van der Waals surface area contributed by atoms with E-state index < -0.39 is 0 Å². The predicted molar refractivity (Wildman–Crippen MR) is 75.8 cm³/mol. The van der Waals surface area contributed by atoms with Gasteiger partial charge in [-0.25, -0.2) is 0 Å². The Bertz CT molecular complexity index is 593. The van der Waals surface area contributed by atoms with Crippen LogP contribution in [-0.2, 0) is 4.79 Å². The number of carbonyl (C=O) groups excluding carboxylic acids is 2. The van der Waals surface area contributed by atoms with Crippen LogP contribution in [0.3, 0.4) is 0 Å². The van der Waals surface area contributed by atoms with Crippen molar-refractivity contribution in [3.8, 4) is 0 Å². The zero-order valence-electron chi connectivity index (χ0n) is 10.8. The van der Waals surface area contributed by atoms with Crippen LogP contribution in [0.5, 0.6) is 0 Å². The van der Waals surface area contributed by atoms with Crippen LogP contribution < -0.4 is 5.32 Å². The highest BCUT2D eigenvalue weighted by Gasteiger charge is 2.17. The molecule has 0 saturated heterocycles. The SMILES string of the molecule is CN(CC(=O)Nc1ccc(Cl)cc1)C(=O)c1ccco1. The molecule has 0 spiro atoms. The number of nitrogens with zero attached hydrogens (tertiary/aromatic N) is 1. The first-order chi connectivity index (χ1) is 9.56. The maximum Gasteiger partial charge on any atom is 0.289 e. The van der Waals surface area contributed by atoms with E-state index in [0.29, 0.717) is 10.7 Å². The molecular weight excluding hydrogens is 280 g/mol. The number of nitrogens with one attached hydrogen (secondary N) is 1. The number of furan rings is 1. The van der Waals surface area contributed by atoms with E-state index in [4.69, 9.17) is 16.0 Å². The first-order valence-corrected chi connectivity index (χ1v) is 6.28. The van der Waals surface area contributed by atoms with Gasteiger partial charge in [-0.1, -0.05) is 11.6 Å². The lowest BCUT2D eigenvalue weighted by molar-refractivity contribution is -0.116. The molecule has 0 atom stereocenters. The van der Waals surface area contributed by atoms with E-state index in [0.717, 1.165) is 0 Å². The van der Waals surface area contributed by atoms with Crippen molar-refractivity contribution in [2.45, 2.75) is 0 Å². The minimum atomic E-state index is -0.346. The predicted octanol–water partition coefficient (Wildman–Crippen LogP) is 2.64. The van der Waals surface area contributed by atoms with Gasteiger partial charge in [0.15, 0.2) is 5.76 Å². The van der Waals surface area contributed by atoms with Gasteiger partial charge in [-0.3, -0.25) is 9.59 Å². The largest absolute Gasteiger partial charge is 0.459 e. The number of carbonyl (C=O) groups is 2. The van der Waals surface area contributed by atoms with Gasteiger partial charge in [0.2, 0.25) is 5.91 Å². The molecule has 20 heavy (non-hydrogen) atoms. The Kier molecular flexibility index (Phi) is 4.42. The summed E-state index contributed by atoms with van der Waals surface area (Å²) in [7, 11) is 1.53. The third-order valence-electron chi connectivity index (χ3n) is 2.59. The molecule has 2 amide bonds. The molecule has 5 nitrogen and oxygen atoms in total. The third kappa shape index (κ3) is 3.61. The summed E-state index contributed by atoms with van der Waals surface area (Å²) in [6, 6.07) is 9.90. The molecule has 1 aromatic carbocycles. The molecule has 0 unspecified atom stereocenters. The minimum absolute atomic E-state index is 0.0673. The van der Waals surface area contributed by atoms with Crippen LogP contribution in [-0.4, -0.2) is 30.3 Å². The second-order valence-electron chi connectivity index (χ2n) is 4.19. The maximum absolute atomic E-state index is 11.9. The lowest BCUT2D eigenvalue weighted by Gasteiger charge is -2.15. The van der Waals surface area contributed by atoms with Crippen LogP contribution in [0.2, 0.25) is 5.02 Å². The van der Waals surface area contributed by atoms with Crippen LogP contribution >= 0.6 is 11.6 Å². The monoisotopic (exact) mass is 292 g/mol. The zero-order chi connectivity index (χ0) is 14.5. The van der Waals surface area contributed by atoms with E-state index in [1.165, 1.54) is 18.2 Å². The van der Waals surface area contributed by atoms with Crippen molar-refractivity contribution in [3.05, 3.63) is 53.4 Å². The van der Waals surface area contributed by atoms with Crippen molar-refractivity contribution in [3.63, 3.8) is 0 Å². The van der Waals surface area contributed by atoms with Gasteiger partial charge in [0, 0.05) is 17.8 Å². The van der Waals surface area contributed by atoms with Gasteiger partial charge in [-0.2, -0.15) is 0 Å². The average Bonchev–Trinajstić information content (AvgIpc) is 2.94. The zero-order valence-corrected chi connectivity index (χ0v) is 11.6. The molecule has 0 bridgehead atoms. The first-order valence-electron chi connectivity index (χ1n) is 5.90. The highest BCUT2D eigenvalue weighted by molar-refractivity contribution is 6.30. The van der Waals surface area contributed by atoms with E-state index >= 15 is 0 Å². The number of rotatable bonds is 4. The molecule has 2 aromatic rings. The third-order valence-corrected chi connectivity index (χ3v) is 2.84. The Morgan fingerprint density at radius 2 is 1.95 bits per heavy atom. The summed E-state index contributed by atoms with van der Waals surface area (Å²) in [5.74, 6) is -0.442. The van der Waals surface area contributed by atoms with E-state index in [9.17, 15) is 9.59 Å². The summed E-state index contributed by atoms with van der Waals surface area (Å²) in [6.07, 6.45) is 1.41. The van der Waals surface area contributed by atoms with Crippen molar-refractivity contribution in [2.75, 3.05) is 18.9 Å². The fourth-order valence-corrected chi connectivity index (χ4v) is 1.74. The number of hydrogen-bond donors (Lipinski definition) is 1. The lowest BCUT2D eigenvalue weighted by Crippen LogP contribution is -2.34. The normalized spacial score (nSPS) is 10.1. The van der Waals surface area contributed by atoms with Crippen LogP contribution in [0.25, 0.3) is 0 Å². The molecule has 1 N–H and O–H groups in total. The molecular formula is C14H13ClN2O3. The second kappa shape index (κ2) is 6.25. The standard InChI is InChI=1S/C14H13ClN2O3/c1-17(14(19)12-3-2-8-20-12)9-13(18)16-11-6-4-10(15)5-7-11/h2-8H,9H2,1H3,(H,16,18). The quantitative estimate of drug-likeness (QED) is 0.942. The number of hydrogen-bond acceptors (Lipinski definition) is 3. The van der Waals surface area contributed by atoms with Crippen LogP contribution in [0, 0.1) is 0 Å². The number of benzene rings is 1. The minimum Gasteiger partial charge on any atom is -0.459 e. The molecule has 104 valence electrons. The summed E-state index contributed by atoms with van der Waals surface area (Å²) >= 11 is 5.76. The lowest BCUT2D eigenvalue weighted by atomic mass is 10.3. The Labute approximate surface area is 121 Å². The van der Waals surface area contributed by atoms with Crippen LogP contribution in [0.15, 0.2) is 47.1 Å². The summed E-state index contributed by atoms with van der Waals surface area (Å²) in [4.78, 5) is 25.0. The summed E-state index contributed by atoms with van der Waals surface area (Å²) in [5.41, 5.74) is 0.623. The summed E-state index contributed by atoms with van der Waals surface area (Å²) < 4.78 is 4.99. The van der Waals surface area contributed by atoms with Crippen molar-refractivity contribution in [1.82, 2.24) is 4.90 Å². The molecule has 0 radical (unpaired) electrons. The van der Waals surface area contributed by atoms with Gasteiger partial charge >= 0.3 is 0 Å². The molecule has 0 aliphatic carbocycles. The van der Waals surface area contributed by atoms with Crippen molar-refractivity contribution >= 4 is 29.1 Å². The smallest absolute Gasteiger partial charge is 0.289 e. The van der Waals surface area contributed by atoms with Gasteiger partial charge in [0.05, 0.1) is 12.8 Å². The number of anilines is 1. The van der Waals surface area contributed by atoms with Crippen molar-refractivity contribution in [2.24, 2.45) is 0 Å². The fourth-order valence-electron chi connectivity index (χ4n) is 1.61. The Morgan fingerprint density at radius 1 is 1.25 bits per heavy atom. The van der Waals surface area contributed by atoms with Crippen molar-refractivity contribution < 1.29 is 14.0 Å². The number of likely N-dealkylation sites (N-methyl/N-ethyl adjacent to an activating group) is 1. The highest BCUT2D eigenvalue weighted by atomic mass is 35.5. The van der Waals surface area contributed by atoms with Gasteiger partial charge in [-0.05, 0) is 36.4 Å². The Balaban J connectivity index is 1.91. The Hall–Kier alpha value is -2.27. The molecule has 0 saturated carbocycles.